The number of hydrogen-bond donors (Lipinski definition) is 3. The van der Waals surface area contributed by atoms with Gasteiger partial charge in [-0.15, -0.1) is 0 Å². The number of aliphatic hydroxyl groups is 1. The molecule has 0 aromatic rings. The van der Waals surface area contributed by atoms with Crippen LogP contribution in [0.2, 0.25) is 0 Å². The molecule has 0 saturated carbocycles. The monoisotopic (exact) mass is 1310 g/mol. The van der Waals surface area contributed by atoms with E-state index in [0.717, 1.165) is 96.3 Å². The molecule has 0 radical (unpaired) electrons. The summed E-state index contributed by atoms with van der Waals surface area (Å²) in [5.41, 5.74) is 0. The van der Waals surface area contributed by atoms with Gasteiger partial charge in [-0.1, -0.05) is 311 Å². The van der Waals surface area contributed by atoms with E-state index in [9.17, 15) is 43.2 Å². The van der Waals surface area contributed by atoms with Crippen molar-refractivity contribution in [3.63, 3.8) is 0 Å². The van der Waals surface area contributed by atoms with Crippen LogP contribution in [-0.2, 0) is 65.4 Å². The quantitative estimate of drug-likeness (QED) is 0.0222. The summed E-state index contributed by atoms with van der Waals surface area (Å²) in [5.74, 6) is -1.46. The largest absolute Gasteiger partial charge is 0.472 e. The maximum Gasteiger partial charge on any atom is 0.472 e. The number of unbranched alkanes of at least 4 members (excludes halogenated alkanes) is 42. The van der Waals surface area contributed by atoms with Gasteiger partial charge in [0.15, 0.2) is 12.2 Å². The fourth-order valence-corrected chi connectivity index (χ4v) is 12.2. The molecule has 17 nitrogen and oxygen atoms in total. The number of phosphoric ester groups is 2. The van der Waals surface area contributed by atoms with Crippen molar-refractivity contribution in [2.24, 2.45) is 5.92 Å². The third-order valence-electron chi connectivity index (χ3n) is 16.3. The molecule has 0 bridgehead atoms. The van der Waals surface area contributed by atoms with E-state index in [0.29, 0.717) is 31.6 Å². The first-order chi connectivity index (χ1) is 43.0. The summed E-state index contributed by atoms with van der Waals surface area (Å²) in [6.45, 7) is 7.11. The fourth-order valence-electron chi connectivity index (χ4n) is 10.6. The third-order valence-corrected chi connectivity index (χ3v) is 18.2. The Morgan fingerprint density at radius 1 is 0.303 bits per heavy atom. The van der Waals surface area contributed by atoms with E-state index in [1.165, 1.54) is 180 Å². The van der Waals surface area contributed by atoms with Crippen LogP contribution in [0.5, 0.6) is 0 Å². The normalized spacial score (nSPS) is 14.1. The predicted octanol–water partition coefficient (Wildman–Crippen LogP) is 20.1. The van der Waals surface area contributed by atoms with E-state index in [1.807, 2.05) is 0 Å². The Balaban J connectivity index is 5.09. The Kier molecular flexibility index (Phi) is 62.1. The molecule has 0 fully saturated rings. The minimum absolute atomic E-state index is 0.102. The molecule has 0 aliphatic rings. The standard InChI is InChI=1S/C70H136O17P2/c1-6-9-12-15-18-21-23-24-25-26-27-28-29-30-31-32-33-34-36-39-45-50-55-69(74)86-65(59-81-68(73)54-49-44-38-35-22-19-16-13-10-7-2)61-84-88(76,77)82-57-64(71)58-83-89(78,79)85-62-66(60-80-67(72)53-48-43-37-20-17-14-11-8-3)87-70(75)56-51-46-41-40-42-47-52-63(4)5/h63-66,71H,6-62H2,1-5H3,(H,76,77)(H,78,79)/t64-,65-,66-/m1/s1. The van der Waals surface area contributed by atoms with Crippen LogP contribution in [0.1, 0.15) is 362 Å². The average molecular weight is 1310 g/mol. The van der Waals surface area contributed by atoms with Crippen molar-refractivity contribution in [1.82, 2.24) is 0 Å². The molecule has 528 valence electrons. The topological polar surface area (TPSA) is 237 Å². The summed E-state index contributed by atoms with van der Waals surface area (Å²) in [7, 11) is -9.89. The van der Waals surface area contributed by atoms with E-state index in [2.05, 4.69) is 34.6 Å². The SMILES string of the molecule is CCCCCCCCCCCCCCCCCCCCCCCCC(=O)O[C@H](COC(=O)CCCCCCCCCCCC)COP(=O)(O)OC[C@@H](O)COP(=O)(O)OC[C@@H](COC(=O)CCCCCCCCCC)OC(=O)CCCCCCCCC(C)C. The number of aliphatic hydroxyl groups excluding tert-OH is 1. The van der Waals surface area contributed by atoms with Gasteiger partial charge in [-0.3, -0.25) is 37.3 Å². The Morgan fingerprint density at radius 2 is 0.517 bits per heavy atom. The summed E-state index contributed by atoms with van der Waals surface area (Å²) >= 11 is 0. The number of hydrogen-bond acceptors (Lipinski definition) is 15. The molecule has 0 heterocycles. The maximum atomic E-state index is 13.0. The summed E-state index contributed by atoms with van der Waals surface area (Å²) < 4.78 is 68.1. The van der Waals surface area contributed by atoms with E-state index in [1.54, 1.807) is 0 Å². The van der Waals surface area contributed by atoms with E-state index in [4.69, 9.17) is 37.0 Å². The highest BCUT2D eigenvalue weighted by molar-refractivity contribution is 7.47. The van der Waals surface area contributed by atoms with Gasteiger partial charge in [0.1, 0.15) is 19.3 Å². The van der Waals surface area contributed by atoms with Crippen LogP contribution >= 0.6 is 15.6 Å². The number of carbonyl (C=O) groups excluding carboxylic acids is 4. The fraction of sp³-hybridized carbons (Fsp3) is 0.943. The molecule has 0 rings (SSSR count). The molecule has 3 N–H and O–H groups in total. The molecule has 0 saturated heterocycles. The lowest BCUT2D eigenvalue weighted by atomic mass is 10.0. The molecule has 0 aromatic carbocycles. The first-order valence-electron chi connectivity index (χ1n) is 36.6. The van der Waals surface area contributed by atoms with Gasteiger partial charge >= 0.3 is 39.5 Å². The van der Waals surface area contributed by atoms with Gasteiger partial charge < -0.3 is 33.8 Å². The van der Waals surface area contributed by atoms with Crippen LogP contribution in [0.25, 0.3) is 0 Å². The Bertz CT molecular complexity index is 1720. The Labute approximate surface area is 543 Å². The highest BCUT2D eigenvalue weighted by Gasteiger charge is 2.30. The smallest absolute Gasteiger partial charge is 0.462 e. The second kappa shape index (κ2) is 63.5. The average Bonchev–Trinajstić information content (AvgIpc) is 3.56. The Hall–Kier alpha value is -1.94. The van der Waals surface area contributed by atoms with Gasteiger partial charge in [-0.2, -0.15) is 0 Å². The predicted molar refractivity (Wildman–Crippen MR) is 358 cm³/mol. The van der Waals surface area contributed by atoms with Gasteiger partial charge in [0.2, 0.25) is 0 Å². The number of rotatable bonds is 70. The summed E-state index contributed by atoms with van der Waals surface area (Å²) in [6.07, 6.45) is 50.4. The maximum absolute atomic E-state index is 13.0. The van der Waals surface area contributed by atoms with Crippen LogP contribution in [0.15, 0.2) is 0 Å². The lowest BCUT2D eigenvalue weighted by Crippen LogP contribution is -2.30. The summed E-state index contributed by atoms with van der Waals surface area (Å²) in [6, 6.07) is 0. The van der Waals surface area contributed by atoms with Crippen molar-refractivity contribution >= 4 is 39.5 Å². The van der Waals surface area contributed by atoms with Crippen molar-refractivity contribution < 1.29 is 80.2 Å². The second-order valence-corrected chi connectivity index (χ2v) is 28.7. The van der Waals surface area contributed by atoms with Crippen LogP contribution < -0.4 is 0 Å². The van der Waals surface area contributed by atoms with Crippen molar-refractivity contribution in [2.45, 2.75) is 380 Å². The van der Waals surface area contributed by atoms with Gasteiger partial charge in [0.25, 0.3) is 0 Å². The number of esters is 4. The minimum atomic E-state index is -4.95. The van der Waals surface area contributed by atoms with Crippen LogP contribution in [0, 0.1) is 5.92 Å². The molecule has 0 aromatic heterocycles. The highest BCUT2D eigenvalue weighted by atomic mass is 31.2. The van der Waals surface area contributed by atoms with Crippen molar-refractivity contribution in [2.75, 3.05) is 39.6 Å². The van der Waals surface area contributed by atoms with Gasteiger partial charge in [0, 0.05) is 25.7 Å². The lowest BCUT2D eigenvalue weighted by Gasteiger charge is -2.21. The van der Waals surface area contributed by atoms with Gasteiger partial charge in [-0.25, -0.2) is 9.13 Å². The highest BCUT2D eigenvalue weighted by Crippen LogP contribution is 2.45. The molecular weight excluding hydrogens is 1170 g/mol. The Morgan fingerprint density at radius 3 is 0.764 bits per heavy atom. The number of carbonyl (C=O) groups is 4. The molecule has 89 heavy (non-hydrogen) atoms. The minimum Gasteiger partial charge on any atom is -0.462 e. The molecule has 0 aliphatic carbocycles. The van der Waals surface area contributed by atoms with Crippen molar-refractivity contribution in [1.29, 1.82) is 0 Å². The van der Waals surface area contributed by atoms with Gasteiger partial charge in [0.05, 0.1) is 26.4 Å². The zero-order chi connectivity index (χ0) is 65.6. The number of ether oxygens (including phenoxy) is 4. The van der Waals surface area contributed by atoms with E-state index < -0.39 is 97.5 Å². The third kappa shape index (κ3) is 64.6. The first kappa shape index (κ1) is 87.1. The van der Waals surface area contributed by atoms with Crippen LogP contribution in [0.4, 0.5) is 0 Å². The van der Waals surface area contributed by atoms with Crippen molar-refractivity contribution in [3.8, 4) is 0 Å². The zero-order valence-corrected chi connectivity index (χ0v) is 59.4. The lowest BCUT2D eigenvalue weighted by molar-refractivity contribution is -0.161. The van der Waals surface area contributed by atoms with Crippen LogP contribution in [0.3, 0.4) is 0 Å². The molecular formula is C70H136O17P2. The molecule has 0 amide bonds. The molecule has 0 spiro atoms. The first-order valence-corrected chi connectivity index (χ1v) is 39.6. The number of phosphoric acid groups is 2. The van der Waals surface area contributed by atoms with Crippen molar-refractivity contribution in [3.05, 3.63) is 0 Å². The summed E-state index contributed by atoms with van der Waals surface area (Å²) in [5, 5.41) is 10.6. The molecule has 5 atom stereocenters. The molecule has 19 heteroatoms. The zero-order valence-electron chi connectivity index (χ0n) is 57.6. The van der Waals surface area contributed by atoms with E-state index >= 15 is 0 Å². The molecule has 0 aliphatic heterocycles. The second-order valence-electron chi connectivity index (χ2n) is 25.7. The van der Waals surface area contributed by atoms with Gasteiger partial charge in [-0.05, 0) is 31.6 Å². The van der Waals surface area contributed by atoms with Crippen LogP contribution in [-0.4, -0.2) is 96.7 Å². The van der Waals surface area contributed by atoms with E-state index in [-0.39, 0.29) is 25.7 Å². The summed E-state index contributed by atoms with van der Waals surface area (Å²) in [4.78, 5) is 72.3. The molecule has 2 unspecified atom stereocenters.